The molecule has 204 valence electrons. The van der Waals surface area contributed by atoms with Crippen molar-refractivity contribution >= 4 is 26.9 Å². The molecule has 36 heavy (non-hydrogen) atoms. The maximum atomic E-state index is 11.9. The van der Waals surface area contributed by atoms with Gasteiger partial charge in [-0.15, -0.1) is 0 Å². The Bertz CT molecular complexity index is 785. The highest BCUT2D eigenvalue weighted by Crippen LogP contribution is 2.19. The second-order valence-corrected chi connectivity index (χ2v) is 10.8. The number of rotatable bonds is 20. The molecule has 2 N–H and O–H groups in total. The molecule has 0 aromatic heterocycles. The second-order valence-electron chi connectivity index (χ2n) is 8.10. The highest BCUT2D eigenvalue weighted by molar-refractivity contribution is 6.60. The van der Waals surface area contributed by atoms with Gasteiger partial charge in [-0.05, 0) is 89.1 Å². The molecule has 0 spiro atoms. The van der Waals surface area contributed by atoms with E-state index in [-0.39, 0.29) is 0 Å². The van der Waals surface area contributed by atoms with E-state index in [2.05, 4.69) is 5.32 Å². The summed E-state index contributed by atoms with van der Waals surface area (Å²) in [5.74, 6) is -0.203. The first-order valence-corrected chi connectivity index (χ1v) is 14.8. The Morgan fingerprint density at radius 3 is 2.17 bits per heavy atom. The van der Waals surface area contributed by atoms with Gasteiger partial charge in [0.05, 0.1) is 13.2 Å². The van der Waals surface area contributed by atoms with Crippen molar-refractivity contribution in [3.05, 3.63) is 35.4 Å². The summed E-state index contributed by atoms with van der Waals surface area (Å²) in [6.07, 6.45) is 6.60. The molecular formula is C26H43NO8Si. The fourth-order valence-corrected chi connectivity index (χ4v) is 6.16. The Balaban J connectivity index is 2.13. The minimum atomic E-state index is -2.67. The highest BCUT2D eigenvalue weighted by Gasteiger charge is 2.39. The van der Waals surface area contributed by atoms with Gasteiger partial charge in [0.15, 0.2) is 0 Å². The van der Waals surface area contributed by atoms with Gasteiger partial charge in [0.2, 0.25) is 0 Å². The van der Waals surface area contributed by atoms with Crippen LogP contribution in [0.5, 0.6) is 5.75 Å². The Morgan fingerprint density at radius 1 is 0.944 bits per heavy atom. The zero-order valence-electron chi connectivity index (χ0n) is 22.2. The minimum absolute atomic E-state index is 0.382. The third kappa shape index (κ3) is 13.6. The first kappa shape index (κ1) is 31.6. The van der Waals surface area contributed by atoms with Crippen LogP contribution in [0, 0.1) is 6.92 Å². The fourth-order valence-electron chi connectivity index (χ4n) is 3.55. The van der Waals surface area contributed by atoms with Crippen LogP contribution in [0.1, 0.15) is 64.0 Å². The molecule has 10 heteroatoms. The Morgan fingerprint density at radius 2 is 1.58 bits per heavy atom. The van der Waals surface area contributed by atoms with Crippen LogP contribution in [-0.2, 0) is 22.8 Å². The lowest BCUT2D eigenvalue weighted by atomic mass is 10.1. The number of hydrogen-bond donors (Lipinski definition) is 2. The SMILES string of the molecule is CCO[Si](CCCNC(=O)OCCCCCCOc1ccc(C=CC(=O)O)c(C)c1)(OCC)OCC. The van der Waals surface area contributed by atoms with Gasteiger partial charge in [0.25, 0.3) is 0 Å². The number of ether oxygens (including phenoxy) is 2. The number of carbonyl (C=O) groups is 2. The van der Waals surface area contributed by atoms with Crippen LogP contribution in [0.25, 0.3) is 6.08 Å². The smallest absolute Gasteiger partial charge is 0.494 e. The van der Waals surface area contributed by atoms with Crippen LogP contribution in [0.2, 0.25) is 6.04 Å². The average molecular weight is 526 g/mol. The van der Waals surface area contributed by atoms with Crippen LogP contribution in [-0.4, -0.2) is 65.6 Å². The van der Waals surface area contributed by atoms with Crippen LogP contribution < -0.4 is 10.1 Å². The predicted molar refractivity (Wildman–Crippen MR) is 141 cm³/mol. The number of unbranched alkanes of at least 4 members (excludes halogenated alkanes) is 3. The summed E-state index contributed by atoms with van der Waals surface area (Å²) in [6.45, 7) is 10.8. The molecule has 1 aromatic carbocycles. The van der Waals surface area contributed by atoms with Gasteiger partial charge >= 0.3 is 20.9 Å². The zero-order chi connectivity index (χ0) is 26.7. The molecular weight excluding hydrogens is 482 g/mol. The van der Waals surface area contributed by atoms with Gasteiger partial charge in [-0.2, -0.15) is 0 Å². The van der Waals surface area contributed by atoms with Gasteiger partial charge in [0, 0.05) is 38.5 Å². The summed E-state index contributed by atoms with van der Waals surface area (Å²) in [4.78, 5) is 22.5. The number of carboxylic acid groups (broad SMARTS) is 1. The monoisotopic (exact) mass is 525 g/mol. The third-order valence-electron chi connectivity index (χ3n) is 5.21. The van der Waals surface area contributed by atoms with Crippen LogP contribution in [0.15, 0.2) is 24.3 Å². The topological polar surface area (TPSA) is 113 Å². The molecule has 9 nitrogen and oxygen atoms in total. The number of nitrogens with one attached hydrogen (secondary N) is 1. The molecule has 1 aromatic rings. The summed E-state index contributed by atoms with van der Waals surface area (Å²) < 4.78 is 28.5. The maximum Gasteiger partial charge on any atom is 0.500 e. The van der Waals surface area contributed by atoms with Crippen molar-refractivity contribution in [3.8, 4) is 5.75 Å². The molecule has 0 saturated heterocycles. The zero-order valence-corrected chi connectivity index (χ0v) is 23.2. The molecule has 0 aliphatic rings. The van der Waals surface area contributed by atoms with Gasteiger partial charge in [-0.1, -0.05) is 6.07 Å². The van der Waals surface area contributed by atoms with E-state index in [1.807, 2.05) is 45.9 Å². The summed E-state index contributed by atoms with van der Waals surface area (Å²) in [5.41, 5.74) is 1.81. The lowest BCUT2D eigenvalue weighted by molar-refractivity contribution is -0.131. The van der Waals surface area contributed by atoms with Crippen molar-refractivity contribution in [1.82, 2.24) is 5.32 Å². The molecule has 1 amide bonds. The van der Waals surface area contributed by atoms with E-state index in [9.17, 15) is 9.59 Å². The maximum absolute atomic E-state index is 11.9. The van der Waals surface area contributed by atoms with Crippen molar-refractivity contribution < 1.29 is 37.4 Å². The Kier molecular flexibility index (Phi) is 16.5. The molecule has 0 saturated carbocycles. The van der Waals surface area contributed by atoms with Gasteiger partial charge in [-0.3, -0.25) is 0 Å². The summed E-state index contributed by atoms with van der Waals surface area (Å²) >= 11 is 0. The minimum Gasteiger partial charge on any atom is -0.494 e. The molecule has 0 heterocycles. The lowest BCUT2D eigenvalue weighted by Crippen LogP contribution is -2.46. The van der Waals surface area contributed by atoms with Crippen molar-refractivity contribution in [2.24, 2.45) is 0 Å². The number of carboxylic acids is 1. The first-order valence-electron chi connectivity index (χ1n) is 12.8. The Hall–Kier alpha value is -2.40. The number of hydrogen-bond acceptors (Lipinski definition) is 7. The average Bonchev–Trinajstić information content (AvgIpc) is 2.83. The predicted octanol–water partition coefficient (Wildman–Crippen LogP) is 5.20. The van der Waals surface area contributed by atoms with Crippen molar-refractivity contribution in [2.75, 3.05) is 39.6 Å². The summed E-state index contributed by atoms with van der Waals surface area (Å²) in [5, 5.41) is 11.5. The van der Waals surface area contributed by atoms with Crippen molar-refractivity contribution in [3.63, 3.8) is 0 Å². The van der Waals surface area contributed by atoms with Crippen LogP contribution in [0.3, 0.4) is 0 Å². The van der Waals surface area contributed by atoms with Crippen LogP contribution in [0.4, 0.5) is 4.79 Å². The number of alkyl carbamates (subject to hydrolysis) is 1. The summed E-state index contributed by atoms with van der Waals surface area (Å²) in [7, 11) is -2.67. The second kappa shape index (κ2) is 18.8. The van der Waals surface area contributed by atoms with Gasteiger partial charge < -0.3 is 33.2 Å². The van der Waals surface area contributed by atoms with Crippen LogP contribution >= 0.6 is 0 Å². The van der Waals surface area contributed by atoms with E-state index < -0.39 is 20.9 Å². The molecule has 0 unspecified atom stereocenters. The largest absolute Gasteiger partial charge is 0.500 e. The van der Waals surface area contributed by atoms with Gasteiger partial charge in [0.1, 0.15) is 5.75 Å². The molecule has 1 rings (SSSR count). The van der Waals surface area contributed by atoms with E-state index >= 15 is 0 Å². The number of benzene rings is 1. The number of aliphatic carboxylic acids is 1. The van der Waals surface area contributed by atoms with E-state index in [1.54, 1.807) is 6.08 Å². The number of aryl methyl sites for hydroxylation is 1. The molecule has 0 bridgehead atoms. The summed E-state index contributed by atoms with van der Waals surface area (Å²) in [6, 6.07) is 6.24. The number of amides is 1. The molecule has 0 aliphatic carbocycles. The van der Waals surface area contributed by atoms with Crippen molar-refractivity contribution in [1.29, 1.82) is 0 Å². The molecule has 0 aliphatic heterocycles. The number of carbonyl (C=O) groups excluding carboxylic acids is 1. The van der Waals surface area contributed by atoms with Gasteiger partial charge in [-0.25, -0.2) is 9.59 Å². The molecule has 0 radical (unpaired) electrons. The highest BCUT2D eigenvalue weighted by atomic mass is 28.4. The fraction of sp³-hybridized carbons (Fsp3) is 0.615. The normalized spacial score (nSPS) is 11.6. The molecule has 0 fully saturated rings. The van der Waals surface area contributed by atoms with Crippen molar-refractivity contribution in [2.45, 2.75) is 65.8 Å². The first-order chi connectivity index (χ1) is 17.4. The third-order valence-corrected chi connectivity index (χ3v) is 8.36. The van der Waals surface area contributed by atoms with E-state index in [0.717, 1.165) is 48.6 Å². The lowest BCUT2D eigenvalue weighted by Gasteiger charge is -2.28. The Labute approximate surface area is 216 Å². The quantitative estimate of drug-likeness (QED) is 0.136. The van der Waals surface area contributed by atoms with E-state index in [0.29, 0.717) is 52.0 Å². The van der Waals surface area contributed by atoms with E-state index in [1.165, 1.54) is 0 Å². The standard InChI is InChI=1S/C26H43NO8Si/c1-5-33-36(34-6-2,35-7-3)20-12-17-27-26(30)32-19-11-9-8-10-18-31-24-15-13-23(22(4)21-24)14-16-25(28)29/h13-16,21H,5-12,17-20H2,1-4H3,(H,27,30)(H,28,29). The van der Waals surface area contributed by atoms with E-state index in [4.69, 9.17) is 27.9 Å². The molecule has 0 atom stereocenters.